The number of nitrogens with zero attached hydrogens (tertiary/aromatic N) is 4. The summed E-state index contributed by atoms with van der Waals surface area (Å²) in [5.74, 6) is 0.781. The second-order valence-electron chi connectivity index (χ2n) is 5.92. The van der Waals surface area contributed by atoms with Gasteiger partial charge in [0, 0.05) is 11.6 Å². The number of benzene rings is 2. The second-order valence-corrected chi connectivity index (χ2v) is 6.35. The SMILES string of the molecule is CC[C@](C)(NCc1ccccc1)c1nnnn1-c1ccc(Cl)cc1. The molecule has 0 radical (unpaired) electrons. The van der Waals surface area contributed by atoms with E-state index in [9.17, 15) is 0 Å². The van der Waals surface area contributed by atoms with Crippen LogP contribution in [0.4, 0.5) is 0 Å². The minimum atomic E-state index is -0.348. The Morgan fingerprint density at radius 1 is 1.08 bits per heavy atom. The van der Waals surface area contributed by atoms with Crippen molar-refractivity contribution >= 4 is 11.6 Å². The van der Waals surface area contributed by atoms with Gasteiger partial charge in [-0.1, -0.05) is 48.9 Å². The molecule has 0 saturated carbocycles. The molecule has 0 aliphatic carbocycles. The Morgan fingerprint density at radius 3 is 2.46 bits per heavy atom. The maximum absolute atomic E-state index is 5.97. The Bertz CT molecular complexity index is 785. The Hall–Kier alpha value is -2.24. The number of halogens is 1. The fraction of sp³-hybridized carbons (Fsp3) is 0.278. The van der Waals surface area contributed by atoms with Crippen molar-refractivity contribution in [1.29, 1.82) is 0 Å². The van der Waals surface area contributed by atoms with Gasteiger partial charge in [0.1, 0.15) is 0 Å². The molecule has 0 saturated heterocycles. The molecule has 0 bridgehead atoms. The highest BCUT2D eigenvalue weighted by Crippen LogP contribution is 2.25. The Kier molecular flexibility index (Phi) is 4.92. The molecule has 5 nitrogen and oxygen atoms in total. The molecule has 0 aliphatic heterocycles. The van der Waals surface area contributed by atoms with Gasteiger partial charge >= 0.3 is 0 Å². The van der Waals surface area contributed by atoms with Crippen molar-refractivity contribution in [1.82, 2.24) is 25.5 Å². The van der Waals surface area contributed by atoms with Crippen LogP contribution in [-0.2, 0) is 12.1 Å². The number of tetrazole rings is 1. The standard InChI is InChI=1S/C18H20ClN5/c1-3-18(2,20-13-14-7-5-4-6-8-14)17-21-22-23-24(17)16-11-9-15(19)10-12-16/h4-12,20H,3,13H2,1-2H3/t18-/m0/s1. The topological polar surface area (TPSA) is 55.6 Å². The van der Waals surface area contributed by atoms with Crippen molar-refractivity contribution in [3.8, 4) is 5.69 Å². The molecular weight excluding hydrogens is 322 g/mol. The van der Waals surface area contributed by atoms with Gasteiger partial charge in [0.2, 0.25) is 0 Å². The van der Waals surface area contributed by atoms with E-state index < -0.39 is 0 Å². The fourth-order valence-electron chi connectivity index (χ4n) is 2.54. The molecule has 0 spiro atoms. The molecule has 0 aliphatic rings. The average molecular weight is 342 g/mol. The van der Waals surface area contributed by atoms with Gasteiger partial charge in [0.05, 0.1) is 11.2 Å². The first-order valence-electron chi connectivity index (χ1n) is 7.96. The minimum absolute atomic E-state index is 0.348. The molecule has 6 heteroatoms. The molecule has 1 N–H and O–H groups in total. The van der Waals surface area contributed by atoms with E-state index in [1.54, 1.807) is 4.68 Å². The molecule has 1 heterocycles. The van der Waals surface area contributed by atoms with Crippen molar-refractivity contribution < 1.29 is 0 Å². The molecule has 124 valence electrons. The summed E-state index contributed by atoms with van der Waals surface area (Å²) in [7, 11) is 0. The van der Waals surface area contributed by atoms with Gasteiger partial charge in [-0.3, -0.25) is 0 Å². The van der Waals surface area contributed by atoms with E-state index in [0.29, 0.717) is 5.02 Å². The molecule has 0 amide bonds. The predicted molar refractivity (Wildman–Crippen MR) is 95.1 cm³/mol. The van der Waals surface area contributed by atoms with Crippen LogP contribution in [0.3, 0.4) is 0 Å². The molecule has 2 aromatic carbocycles. The van der Waals surface area contributed by atoms with Gasteiger partial charge in [0.15, 0.2) is 5.82 Å². The highest BCUT2D eigenvalue weighted by Gasteiger charge is 2.31. The Morgan fingerprint density at radius 2 is 1.79 bits per heavy atom. The van der Waals surface area contributed by atoms with Crippen LogP contribution < -0.4 is 5.32 Å². The van der Waals surface area contributed by atoms with Crippen LogP contribution in [0.1, 0.15) is 31.7 Å². The highest BCUT2D eigenvalue weighted by atomic mass is 35.5. The number of aromatic nitrogens is 4. The number of hydrogen-bond donors (Lipinski definition) is 1. The zero-order chi connectivity index (χ0) is 17.0. The van der Waals surface area contributed by atoms with Gasteiger partial charge in [-0.2, -0.15) is 4.68 Å². The lowest BCUT2D eigenvalue weighted by Crippen LogP contribution is -2.41. The van der Waals surface area contributed by atoms with Crippen molar-refractivity contribution in [2.45, 2.75) is 32.4 Å². The van der Waals surface area contributed by atoms with Crippen molar-refractivity contribution in [2.24, 2.45) is 0 Å². The summed E-state index contributed by atoms with van der Waals surface area (Å²) in [6.07, 6.45) is 0.855. The summed E-state index contributed by atoms with van der Waals surface area (Å²) >= 11 is 5.97. The minimum Gasteiger partial charge on any atom is -0.301 e. The van der Waals surface area contributed by atoms with Crippen LogP contribution in [0.5, 0.6) is 0 Å². The summed E-state index contributed by atoms with van der Waals surface area (Å²) in [5, 5.41) is 16.6. The van der Waals surface area contributed by atoms with Gasteiger partial charge < -0.3 is 5.32 Å². The van der Waals surface area contributed by atoms with Crippen molar-refractivity contribution in [3.05, 3.63) is 71.0 Å². The third-order valence-corrected chi connectivity index (χ3v) is 4.52. The quantitative estimate of drug-likeness (QED) is 0.742. The van der Waals surface area contributed by atoms with E-state index in [-0.39, 0.29) is 5.54 Å². The third-order valence-electron chi connectivity index (χ3n) is 4.27. The number of rotatable bonds is 6. The predicted octanol–water partition coefficient (Wildman–Crippen LogP) is 3.73. The molecule has 3 rings (SSSR count). The molecule has 3 aromatic rings. The van der Waals surface area contributed by atoms with Crippen LogP contribution in [0, 0.1) is 0 Å². The second kappa shape index (κ2) is 7.11. The van der Waals surface area contributed by atoms with Crippen LogP contribution in [0.15, 0.2) is 54.6 Å². The van der Waals surface area contributed by atoms with Crippen LogP contribution in [0.2, 0.25) is 5.02 Å². The van der Waals surface area contributed by atoms with Gasteiger partial charge in [0.25, 0.3) is 0 Å². The summed E-state index contributed by atoms with van der Waals surface area (Å²) < 4.78 is 1.76. The monoisotopic (exact) mass is 341 g/mol. The maximum Gasteiger partial charge on any atom is 0.176 e. The van der Waals surface area contributed by atoms with Gasteiger partial charge in [-0.25, -0.2) is 0 Å². The zero-order valence-corrected chi connectivity index (χ0v) is 14.5. The maximum atomic E-state index is 5.97. The van der Waals surface area contributed by atoms with Crippen LogP contribution in [-0.4, -0.2) is 20.2 Å². The lowest BCUT2D eigenvalue weighted by molar-refractivity contribution is 0.324. The third kappa shape index (κ3) is 3.47. The lowest BCUT2D eigenvalue weighted by atomic mass is 9.97. The normalized spacial score (nSPS) is 13.6. The van der Waals surface area contributed by atoms with Crippen LogP contribution in [0.25, 0.3) is 5.69 Å². The largest absolute Gasteiger partial charge is 0.301 e. The first-order valence-corrected chi connectivity index (χ1v) is 8.34. The zero-order valence-electron chi connectivity index (χ0n) is 13.8. The number of nitrogens with one attached hydrogen (secondary N) is 1. The summed E-state index contributed by atoms with van der Waals surface area (Å²) in [4.78, 5) is 0. The van der Waals surface area contributed by atoms with E-state index in [0.717, 1.165) is 24.5 Å². The fourth-order valence-corrected chi connectivity index (χ4v) is 2.67. The lowest BCUT2D eigenvalue weighted by Gasteiger charge is -2.28. The first kappa shape index (κ1) is 16.6. The average Bonchev–Trinajstić information content (AvgIpc) is 3.12. The van der Waals surface area contributed by atoms with E-state index in [1.807, 2.05) is 42.5 Å². The summed E-state index contributed by atoms with van der Waals surface area (Å²) in [6.45, 7) is 4.99. The first-order chi connectivity index (χ1) is 11.6. The van der Waals surface area contributed by atoms with E-state index >= 15 is 0 Å². The molecule has 0 unspecified atom stereocenters. The van der Waals surface area contributed by atoms with E-state index in [4.69, 9.17) is 11.6 Å². The Balaban J connectivity index is 1.88. The summed E-state index contributed by atoms with van der Waals surface area (Å²) in [6, 6.07) is 17.8. The van der Waals surface area contributed by atoms with Gasteiger partial charge in [-0.15, -0.1) is 5.10 Å². The highest BCUT2D eigenvalue weighted by molar-refractivity contribution is 6.30. The molecule has 1 atom stereocenters. The molecular formula is C18H20ClN5. The molecule has 24 heavy (non-hydrogen) atoms. The van der Waals surface area contributed by atoms with Crippen LogP contribution >= 0.6 is 11.6 Å². The van der Waals surface area contributed by atoms with Crippen molar-refractivity contribution in [2.75, 3.05) is 0 Å². The van der Waals surface area contributed by atoms with E-state index in [1.165, 1.54) is 5.56 Å². The van der Waals surface area contributed by atoms with E-state index in [2.05, 4.69) is 46.8 Å². The smallest absolute Gasteiger partial charge is 0.176 e. The van der Waals surface area contributed by atoms with Gasteiger partial charge in [-0.05, 0) is 53.6 Å². The van der Waals surface area contributed by atoms with Crippen molar-refractivity contribution in [3.63, 3.8) is 0 Å². The summed E-state index contributed by atoms with van der Waals surface area (Å²) in [5.41, 5.74) is 1.77. The number of hydrogen-bond acceptors (Lipinski definition) is 4. The Labute approximate surface area is 146 Å². The molecule has 1 aromatic heterocycles. The molecule has 0 fully saturated rings.